The molecule has 1 aliphatic heterocycles. The van der Waals surface area contributed by atoms with Crippen LogP contribution in [0.1, 0.15) is 12.8 Å². The minimum absolute atomic E-state index is 0.206. The van der Waals surface area contributed by atoms with Gasteiger partial charge in [-0.1, -0.05) is 6.08 Å². The van der Waals surface area contributed by atoms with Gasteiger partial charge in [0.05, 0.1) is 6.10 Å². The van der Waals surface area contributed by atoms with Gasteiger partial charge in [-0.25, -0.2) is 9.59 Å². The lowest BCUT2D eigenvalue weighted by molar-refractivity contribution is -0.149. The maximum Gasteiger partial charge on any atom is 0.332 e. The van der Waals surface area contributed by atoms with E-state index in [0.29, 0.717) is 25.9 Å². The lowest BCUT2D eigenvalue weighted by Crippen LogP contribution is -2.40. The first-order valence-electron chi connectivity index (χ1n) is 6.22. The molecule has 0 aromatic rings. The first-order valence-corrected chi connectivity index (χ1v) is 7.37. The molecule has 0 aromatic heterocycles. The standard InChI is InChI=1S/C12H20N2O4S/c1-2-6-19-7-5-13-12(17)14-8-9-3-4-10(18-9)11(15)16/h2,9-10H,1,3-8H2,(H,15,16)(H2,13,14,17). The van der Waals surface area contributed by atoms with Crippen molar-refractivity contribution in [1.82, 2.24) is 10.6 Å². The van der Waals surface area contributed by atoms with Crippen LogP contribution in [0.25, 0.3) is 0 Å². The normalized spacial score (nSPS) is 21.9. The Hall–Kier alpha value is -1.21. The number of urea groups is 1. The van der Waals surface area contributed by atoms with Crippen LogP contribution in [-0.4, -0.2) is 53.9 Å². The molecule has 3 N–H and O–H groups in total. The van der Waals surface area contributed by atoms with Gasteiger partial charge in [0, 0.05) is 24.6 Å². The van der Waals surface area contributed by atoms with E-state index in [1.807, 2.05) is 6.08 Å². The van der Waals surface area contributed by atoms with E-state index >= 15 is 0 Å². The van der Waals surface area contributed by atoms with Crippen LogP contribution in [-0.2, 0) is 9.53 Å². The van der Waals surface area contributed by atoms with Gasteiger partial charge in [0.2, 0.25) is 0 Å². The van der Waals surface area contributed by atoms with Crippen LogP contribution in [0.4, 0.5) is 4.79 Å². The number of carbonyl (C=O) groups is 2. The van der Waals surface area contributed by atoms with Gasteiger partial charge < -0.3 is 20.5 Å². The van der Waals surface area contributed by atoms with Crippen molar-refractivity contribution in [2.24, 2.45) is 0 Å². The molecule has 1 saturated heterocycles. The number of ether oxygens (including phenoxy) is 1. The SMILES string of the molecule is C=CCSCCNC(=O)NCC1CCC(C(=O)O)O1. The minimum atomic E-state index is -0.939. The Morgan fingerprint density at radius 1 is 1.42 bits per heavy atom. The number of amides is 2. The minimum Gasteiger partial charge on any atom is -0.479 e. The van der Waals surface area contributed by atoms with E-state index in [4.69, 9.17) is 9.84 Å². The van der Waals surface area contributed by atoms with Crippen molar-refractivity contribution in [3.05, 3.63) is 12.7 Å². The summed E-state index contributed by atoms with van der Waals surface area (Å²) < 4.78 is 5.27. The van der Waals surface area contributed by atoms with E-state index in [2.05, 4.69) is 17.2 Å². The third kappa shape index (κ3) is 6.49. The van der Waals surface area contributed by atoms with Crippen LogP contribution >= 0.6 is 11.8 Å². The summed E-state index contributed by atoms with van der Waals surface area (Å²) in [5.41, 5.74) is 0. The molecule has 0 radical (unpaired) electrons. The molecule has 1 aliphatic rings. The van der Waals surface area contributed by atoms with Crippen molar-refractivity contribution >= 4 is 23.8 Å². The van der Waals surface area contributed by atoms with Gasteiger partial charge in [-0.15, -0.1) is 6.58 Å². The Labute approximate surface area is 117 Å². The highest BCUT2D eigenvalue weighted by molar-refractivity contribution is 7.99. The Balaban J connectivity index is 2.04. The van der Waals surface area contributed by atoms with Gasteiger partial charge in [0.1, 0.15) is 0 Å². The number of carboxylic acids is 1. The number of hydrogen-bond donors (Lipinski definition) is 3. The Morgan fingerprint density at radius 2 is 2.21 bits per heavy atom. The molecule has 1 heterocycles. The van der Waals surface area contributed by atoms with Crippen molar-refractivity contribution in [2.75, 3.05) is 24.6 Å². The fourth-order valence-corrected chi connectivity index (χ4v) is 2.29. The molecule has 0 saturated carbocycles. The van der Waals surface area contributed by atoms with Gasteiger partial charge >= 0.3 is 12.0 Å². The first kappa shape index (κ1) is 15.8. The van der Waals surface area contributed by atoms with Crippen molar-refractivity contribution < 1.29 is 19.4 Å². The zero-order valence-electron chi connectivity index (χ0n) is 10.8. The average molecular weight is 288 g/mol. The van der Waals surface area contributed by atoms with Gasteiger partial charge in [0.25, 0.3) is 0 Å². The summed E-state index contributed by atoms with van der Waals surface area (Å²) in [5, 5.41) is 14.2. The van der Waals surface area contributed by atoms with Crippen LogP contribution in [0, 0.1) is 0 Å². The van der Waals surface area contributed by atoms with Crippen LogP contribution < -0.4 is 10.6 Å². The Kier molecular flexibility index (Phi) is 7.35. The molecule has 7 heteroatoms. The Bertz CT molecular complexity index is 325. The zero-order chi connectivity index (χ0) is 14.1. The lowest BCUT2D eigenvalue weighted by Gasteiger charge is -2.12. The number of carbonyl (C=O) groups excluding carboxylic acids is 1. The van der Waals surface area contributed by atoms with Crippen molar-refractivity contribution in [2.45, 2.75) is 25.0 Å². The molecule has 1 fully saturated rings. The van der Waals surface area contributed by atoms with Crippen LogP contribution in [0.2, 0.25) is 0 Å². The topological polar surface area (TPSA) is 87.7 Å². The second-order valence-corrected chi connectivity index (χ2v) is 5.31. The molecule has 0 aliphatic carbocycles. The first-order chi connectivity index (χ1) is 9.13. The van der Waals surface area contributed by atoms with Crippen molar-refractivity contribution in [3.8, 4) is 0 Å². The maximum absolute atomic E-state index is 11.4. The zero-order valence-corrected chi connectivity index (χ0v) is 11.6. The van der Waals surface area contributed by atoms with E-state index in [1.165, 1.54) is 0 Å². The highest BCUT2D eigenvalue weighted by atomic mass is 32.2. The lowest BCUT2D eigenvalue weighted by atomic mass is 10.2. The van der Waals surface area contributed by atoms with Crippen LogP contribution in [0.15, 0.2) is 12.7 Å². The third-order valence-corrected chi connectivity index (χ3v) is 3.61. The fraction of sp³-hybridized carbons (Fsp3) is 0.667. The third-order valence-electron chi connectivity index (χ3n) is 2.64. The van der Waals surface area contributed by atoms with Gasteiger partial charge in [0.15, 0.2) is 6.10 Å². The molecule has 6 nitrogen and oxygen atoms in total. The number of aliphatic carboxylic acids is 1. The number of hydrogen-bond acceptors (Lipinski definition) is 4. The summed E-state index contributed by atoms with van der Waals surface area (Å²) in [6.45, 7) is 4.54. The predicted octanol–water partition coefficient (Wildman–Crippen LogP) is 0.837. The second kappa shape index (κ2) is 8.82. The van der Waals surface area contributed by atoms with Gasteiger partial charge in [-0.2, -0.15) is 11.8 Å². The highest BCUT2D eigenvalue weighted by Gasteiger charge is 2.30. The molecule has 0 aromatic carbocycles. The highest BCUT2D eigenvalue weighted by Crippen LogP contribution is 2.19. The molecular formula is C12H20N2O4S. The second-order valence-electron chi connectivity index (χ2n) is 4.16. The molecule has 0 bridgehead atoms. The number of carboxylic acid groups (broad SMARTS) is 1. The predicted molar refractivity (Wildman–Crippen MR) is 74.5 cm³/mol. The monoisotopic (exact) mass is 288 g/mol. The van der Waals surface area contributed by atoms with E-state index in [-0.39, 0.29) is 12.1 Å². The molecule has 2 amide bonds. The van der Waals surface area contributed by atoms with E-state index in [1.54, 1.807) is 11.8 Å². The van der Waals surface area contributed by atoms with Crippen molar-refractivity contribution in [3.63, 3.8) is 0 Å². The summed E-state index contributed by atoms with van der Waals surface area (Å²) in [6.07, 6.45) is 2.04. The van der Waals surface area contributed by atoms with Crippen LogP contribution in [0.5, 0.6) is 0 Å². The smallest absolute Gasteiger partial charge is 0.332 e. The number of thioether (sulfide) groups is 1. The molecule has 2 atom stereocenters. The largest absolute Gasteiger partial charge is 0.479 e. The molecule has 0 spiro atoms. The summed E-state index contributed by atoms with van der Waals surface area (Å²) in [5.74, 6) is 0.766. The number of nitrogens with one attached hydrogen (secondary N) is 2. The summed E-state index contributed by atoms with van der Waals surface area (Å²) in [6, 6.07) is -0.249. The molecule has 19 heavy (non-hydrogen) atoms. The van der Waals surface area contributed by atoms with E-state index in [0.717, 1.165) is 11.5 Å². The molecule has 2 unspecified atom stereocenters. The summed E-state index contributed by atoms with van der Waals surface area (Å²) in [7, 11) is 0. The molecule has 108 valence electrons. The van der Waals surface area contributed by atoms with Gasteiger partial charge in [-0.3, -0.25) is 0 Å². The molecule has 1 rings (SSSR count). The van der Waals surface area contributed by atoms with Crippen molar-refractivity contribution in [1.29, 1.82) is 0 Å². The number of rotatable bonds is 8. The fourth-order valence-electron chi connectivity index (χ4n) is 1.71. The molecular weight excluding hydrogens is 268 g/mol. The van der Waals surface area contributed by atoms with Crippen LogP contribution in [0.3, 0.4) is 0 Å². The summed E-state index contributed by atoms with van der Waals surface area (Å²) >= 11 is 1.69. The average Bonchev–Trinajstić information content (AvgIpc) is 2.85. The quantitative estimate of drug-likeness (QED) is 0.455. The summed E-state index contributed by atoms with van der Waals surface area (Å²) in [4.78, 5) is 22.1. The maximum atomic E-state index is 11.4. The van der Waals surface area contributed by atoms with E-state index < -0.39 is 12.1 Å². The van der Waals surface area contributed by atoms with Gasteiger partial charge in [-0.05, 0) is 12.8 Å². The Morgan fingerprint density at radius 3 is 2.84 bits per heavy atom. The van der Waals surface area contributed by atoms with E-state index in [9.17, 15) is 9.59 Å².